The van der Waals surface area contributed by atoms with E-state index in [4.69, 9.17) is 6.57 Å². The molecule has 0 spiro atoms. The lowest BCUT2D eigenvalue weighted by molar-refractivity contribution is -0.124. The van der Waals surface area contributed by atoms with Gasteiger partial charge in [0.2, 0.25) is 0 Å². The Kier molecular flexibility index (Phi) is 5.39. The largest absolute Gasteiger partial charge is 0.340 e. The SMILES string of the molecule is [C-]#[N+]c1ccc(-c2cc3n(c2)Cc2cc(N4CC(=O)N(CCN(C)C)C4=O)ccc2-n2ccnc2-3)cc1. The summed E-state index contributed by atoms with van der Waals surface area (Å²) in [6.45, 7) is 8.82. The summed E-state index contributed by atoms with van der Waals surface area (Å²) < 4.78 is 4.22. The topological polar surface area (TPSA) is 71.0 Å². The quantitative estimate of drug-likeness (QED) is 0.272. The van der Waals surface area contributed by atoms with Gasteiger partial charge >= 0.3 is 6.03 Å². The maximum Gasteiger partial charge on any atom is 0.331 e. The molecule has 6 rings (SSSR count). The van der Waals surface area contributed by atoms with Crippen LogP contribution >= 0.6 is 0 Å². The standard InChI is InChI=1S/C28H25N7O2/c1-29-22-6-4-19(5-7-22)20-15-25-27-30-10-11-33(27)24-9-8-23(14-21(24)17-32(25)16-20)35-18-26(36)34(28(35)37)13-12-31(2)3/h4-11,14-16H,12-13,17-18H2,2-3H3. The second-order valence-corrected chi connectivity index (χ2v) is 9.55. The average molecular weight is 492 g/mol. The molecule has 1 fully saturated rings. The molecule has 3 amide bonds. The maximum absolute atomic E-state index is 13.1. The number of imidazole rings is 1. The Morgan fingerprint density at radius 3 is 2.59 bits per heavy atom. The minimum Gasteiger partial charge on any atom is -0.340 e. The Bertz CT molecular complexity index is 1570. The number of aromatic nitrogens is 3. The zero-order valence-electron chi connectivity index (χ0n) is 20.6. The summed E-state index contributed by atoms with van der Waals surface area (Å²) in [5, 5.41) is 0. The van der Waals surface area contributed by atoms with Crippen molar-refractivity contribution < 1.29 is 9.59 Å². The molecule has 37 heavy (non-hydrogen) atoms. The lowest BCUT2D eigenvalue weighted by atomic mass is 10.1. The van der Waals surface area contributed by atoms with E-state index >= 15 is 0 Å². The van der Waals surface area contributed by atoms with Crippen LogP contribution < -0.4 is 4.90 Å². The fraction of sp³-hybridized carbons (Fsp3) is 0.214. The van der Waals surface area contributed by atoms with Crippen LogP contribution in [0.2, 0.25) is 0 Å². The van der Waals surface area contributed by atoms with Gasteiger partial charge in [-0.15, -0.1) is 0 Å². The number of nitrogens with zero attached hydrogens (tertiary/aromatic N) is 7. The van der Waals surface area contributed by atoms with Crippen molar-refractivity contribution >= 4 is 23.3 Å². The first-order valence-corrected chi connectivity index (χ1v) is 12.0. The summed E-state index contributed by atoms with van der Waals surface area (Å²) in [7, 11) is 3.84. The van der Waals surface area contributed by atoms with Gasteiger partial charge in [0.15, 0.2) is 11.5 Å². The van der Waals surface area contributed by atoms with Crippen LogP contribution in [0.3, 0.4) is 0 Å². The van der Waals surface area contributed by atoms with Gasteiger partial charge in [-0.1, -0.05) is 24.3 Å². The van der Waals surface area contributed by atoms with Crippen LogP contribution in [0.1, 0.15) is 5.56 Å². The third-order valence-corrected chi connectivity index (χ3v) is 6.90. The fourth-order valence-electron chi connectivity index (χ4n) is 4.95. The second-order valence-electron chi connectivity index (χ2n) is 9.55. The van der Waals surface area contributed by atoms with Crippen molar-refractivity contribution in [1.29, 1.82) is 0 Å². The highest BCUT2D eigenvalue weighted by molar-refractivity contribution is 6.12. The van der Waals surface area contributed by atoms with Crippen LogP contribution in [0, 0.1) is 6.57 Å². The molecule has 0 atom stereocenters. The number of rotatable bonds is 5. The summed E-state index contributed by atoms with van der Waals surface area (Å²) in [6.07, 6.45) is 5.82. The van der Waals surface area contributed by atoms with E-state index in [1.807, 2.05) is 67.7 Å². The second kappa shape index (κ2) is 8.76. The number of amides is 3. The number of imide groups is 1. The lowest BCUT2D eigenvalue weighted by Crippen LogP contribution is -2.37. The Labute approximate surface area is 214 Å². The molecule has 9 heteroatoms. The summed E-state index contributed by atoms with van der Waals surface area (Å²) in [5.41, 5.74) is 6.37. The van der Waals surface area contributed by atoms with Crippen molar-refractivity contribution in [2.75, 3.05) is 38.6 Å². The van der Waals surface area contributed by atoms with E-state index in [1.165, 1.54) is 4.90 Å². The van der Waals surface area contributed by atoms with Gasteiger partial charge in [0.1, 0.15) is 6.54 Å². The van der Waals surface area contributed by atoms with E-state index in [0.29, 0.717) is 31.0 Å². The van der Waals surface area contributed by atoms with Crippen molar-refractivity contribution in [3.63, 3.8) is 0 Å². The van der Waals surface area contributed by atoms with Crippen LogP contribution in [0.15, 0.2) is 67.1 Å². The van der Waals surface area contributed by atoms with Crippen LogP contribution in [0.5, 0.6) is 0 Å². The van der Waals surface area contributed by atoms with Gasteiger partial charge in [0, 0.05) is 49.5 Å². The number of carbonyl (C=O) groups is 2. The molecule has 2 aliphatic rings. The number of likely N-dealkylation sites (N-methyl/N-ethyl adjacent to an activating group) is 1. The molecule has 0 saturated carbocycles. The van der Waals surface area contributed by atoms with Gasteiger partial charge in [0.25, 0.3) is 5.91 Å². The number of hydrogen-bond acceptors (Lipinski definition) is 4. The Morgan fingerprint density at radius 1 is 1.03 bits per heavy atom. The highest BCUT2D eigenvalue weighted by atomic mass is 16.2. The highest BCUT2D eigenvalue weighted by Gasteiger charge is 2.37. The third kappa shape index (κ3) is 3.88. The normalized spacial score (nSPS) is 14.4. The molecule has 0 aliphatic carbocycles. The van der Waals surface area contributed by atoms with E-state index in [0.717, 1.165) is 33.9 Å². The predicted octanol–water partition coefficient (Wildman–Crippen LogP) is 4.25. The lowest BCUT2D eigenvalue weighted by Gasteiger charge is -2.20. The molecule has 0 N–H and O–H groups in total. The van der Waals surface area contributed by atoms with Crippen LogP contribution in [-0.4, -0.2) is 69.6 Å². The van der Waals surface area contributed by atoms with E-state index < -0.39 is 0 Å². The van der Waals surface area contributed by atoms with Crippen LogP contribution in [0.25, 0.3) is 33.2 Å². The van der Waals surface area contributed by atoms with Crippen molar-refractivity contribution in [3.8, 4) is 28.3 Å². The molecular formula is C28H25N7O2. The number of benzene rings is 2. The first kappa shape index (κ1) is 22.8. The number of carbonyl (C=O) groups excluding carboxylic acids is 2. The molecule has 0 bridgehead atoms. The van der Waals surface area contributed by atoms with Crippen molar-refractivity contribution in [1.82, 2.24) is 23.9 Å². The van der Waals surface area contributed by atoms with Gasteiger partial charge in [0.05, 0.1) is 18.0 Å². The summed E-state index contributed by atoms with van der Waals surface area (Å²) in [4.78, 5) is 38.7. The molecule has 2 aromatic carbocycles. The van der Waals surface area contributed by atoms with Gasteiger partial charge in [-0.25, -0.2) is 14.6 Å². The smallest absolute Gasteiger partial charge is 0.331 e. The van der Waals surface area contributed by atoms with Gasteiger partial charge in [-0.3, -0.25) is 19.2 Å². The molecule has 2 aromatic heterocycles. The Morgan fingerprint density at radius 2 is 1.84 bits per heavy atom. The number of anilines is 1. The van der Waals surface area contributed by atoms with E-state index in [9.17, 15) is 9.59 Å². The van der Waals surface area contributed by atoms with E-state index in [-0.39, 0.29) is 18.5 Å². The highest BCUT2D eigenvalue weighted by Crippen LogP contribution is 2.36. The third-order valence-electron chi connectivity index (χ3n) is 6.90. The zero-order valence-corrected chi connectivity index (χ0v) is 20.6. The Balaban J connectivity index is 1.36. The average Bonchev–Trinajstić information content (AvgIpc) is 3.59. The Hall–Kier alpha value is -4.68. The summed E-state index contributed by atoms with van der Waals surface area (Å²) >= 11 is 0. The number of fused-ring (bicyclic) bond motifs is 5. The summed E-state index contributed by atoms with van der Waals surface area (Å²) in [6, 6.07) is 15.3. The molecule has 1 saturated heterocycles. The molecule has 2 aliphatic heterocycles. The molecule has 0 unspecified atom stereocenters. The molecule has 0 radical (unpaired) electrons. The van der Waals surface area contributed by atoms with Crippen LogP contribution in [0.4, 0.5) is 16.2 Å². The summed E-state index contributed by atoms with van der Waals surface area (Å²) in [5.74, 6) is 0.651. The van der Waals surface area contributed by atoms with E-state index in [2.05, 4.69) is 31.2 Å². The van der Waals surface area contributed by atoms with Gasteiger partial charge in [-0.05, 0) is 49.5 Å². The van der Waals surface area contributed by atoms with Crippen molar-refractivity contribution in [3.05, 3.63) is 84.1 Å². The number of urea groups is 1. The van der Waals surface area contributed by atoms with E-state index in [1.54, 1.807) is 11.1 Å². The van der Waals surface area contributed by atoms with Crippen molar-refractivity contribution in [2.45, 2.75) is 6.54 Å². The molecule has 9 nitrogen and oxygen atoms in total. The van der Waals surface area contributed by atoms with Crippen molar-refractivity contribution in [2.24, 2.45) is 0 Å². The molecular weight excluding hydrogens is 466 g/mol. The molecule has 4 aromatic rings. The fourth-order valence-corrected chi connectivity index (χ4v) is 4.95. The minimum atomic E-state index is -0.282. The zero-order chi connectivity index (χ0) is 25.7. The first-order chi connectivity index (χ1) is 17.9. The van der Waals surface area contributed by atoms with Gasteiger partial charge in [-0.2, -0.15) is 0 Å². The molecule has 4 heterocycles. The van der Waals surface area contributed by atoms with Crippen LogP contribution in [-0.2, 0) is 11.3 Å². The van der Waals surface area contributed by atoms with Gasteiger partial charge < -0.3 is 9.47 Å². The first-order valence-electron chi connectivity index (χ1n) is 12.0. The number of hydrogen-bond donors (Lipinski definition) is 0. The maximum atomic E-state index is 13.1. The minimum absolute atomic E-state index is 0.0426. The predicted molar refractivity (Wildman–Crippen MR) is 141 cm³/mol. The monoisotopic (exact) mass is 491 g/mol. The molecule has 184 valence electrons.